The van der Waals surface area contributed by atoms with Crippen LogP contribution in [0.5, 0.6) is 0 Å². The Balaban J connectivity index is 2.29. The highest BCUT2D eigenvalue weighted by atomic mass is 16.3. The highest BCUT2D eigenvalue weighted by Crippen LogP contribution is 2.36. The SMILES string of the molecule is CCC1(CC)CCN(CC(O)CNC(C)C)C1. The second-order valence-corrected chi connectivity index (χ2v) is 5.91. The summed E-state index contributed by atoms with van der Waals surface area (Å²) in [5.74, 6) is 0. The molecule has 0 amide bonds. The summed E-state index contributed by atoms with van der Waals surface area (Å²) in [5.41, 5.74) is 0.519. The van der Waals surface area contributed by atoms with E-state index in [-0.39, 0.29) is 6.10 Å². The van der Waals surface area contributed by atoms with Gasteiger partial charge in [0.1, 0.15) is 0 Å². The van der Waals surface area contributed by atoms with Gasteiger partial charge in [-0.15, -0.1) is 0 Å². The largest absolute Gasteiger partial charge is 0.390 e. The number of nitrogens with one attached hydrogen (secondary N) is 1. The van der Waals surface area contributed by atoms with Gasteiger partial charge in [-0.3, -0.25) is 0 Å². The maximum absolute atomic E-state index is 9.97. The Hall–Kier alpha value is -0.120. The molecule has 1 aliphatic rings. The molecule has 0 radical (unpaired) electrons. The van der Waals surface area contributed by atoms with Crippen molar-refractivity contribution in [2.45, 2.75) is 59.1 Å². The molecule has 1 aliphatic heterocycles. The minimum absolute atomic E-state index is 0.234. The van der Waals surface area contributed by atoms with Gasteiger partial charge in [-0.1, -0.05) is 27.7 Å². The highest BCUT2D eigenvalue weighted by Gasteiger charge is 2.35. The maximum Gasteiger partial charge on any atom is 0.0791 e. The molecule has 2 N–H and O–H groups in total. The zero-order valence-corrected chi connectivity index (χ0v) is 12.0. The van der Waals surface area contributed by atoms with Crippen molar-refractivity contribution in [3.05, 3.63) is 0 Å². The summed E-state index contributed by atoms with van der Waals surface area (Å²) in [5, 5.41) is 13.3. The van der Waals surface area contributed by atoms with Gasteiger partial charge < -0.3 is 15.3 Å². The minimum Gasteiger partial charge on any atom is -0.390 e. The second kappa shape index (κ2) is 6.72. The van der Waals surface area contributed by atoms with E-state index in [4.69, 9.17) is 0 Å². The lowest BCUT2D eigenvalue weighted by Crippen LogP contribution is -2.40. The van der Waals surface area contributed by atoms with Gasteiger partial charge >= 0.3 is 0 Å². The number of nitrogens with zero attached hydrogens (tertiary/aromatic N) is 1. The highest BCUT2D eigenvalue weighted by molar-refractivity contribution is 4.88. The fourth-order valence-electron chi connectivity index (χ4n) is 2.75. The van der Waals surface area contributed by atoms with Gasteiger partial charge in [0, 0.05) is 25.7 Å². The number of likely N-dealkylation sites (tertiary alicyclic amines) is 1. The van der Waals surface area contributed by atoms with Gasteiger partial charge in [-0.2, -0.15) is 0 Å². The molecular formula is C14H30N2O. The lowest BCUT2D eigenvalue weighted by molar-refractivity contribution is 0.113. The van der Waals surface area contributed by atoms with Crippen LogP contribution in [0, 0.1) is 5.41 Å². The number of aliphatic hydroxyl groups is 1. The third-order valence-corrected chi connectivity index (χ3v) is 4.25. The quantitative estimate of drug-likeness (QED) is 0.715. The molecule has 1 atom stereocenters. The van der Waals surface area contributed by atoms with Crippen LogP contribution in [0.15, 0.2) is 0 Å². The third-order valence-electron chi connectivity index (χ3n) is 4.25. The van der Waals surface area contributed by atoms with Crippen LogP contribution in [-0.2, 0) is 0 Å². The first-order chi connectivity index (χ1) is 8.01. The Morgan fingerprint density at radius 3 is 2.41 bits per heavy atom. The van der Waals surface area contributed by atoms with Gasteiger partial charge in [0.2, 0.25) is 0 Å². The molecular weight excluding hydrogens is 212 g/mol. The first-order valence-corrected chi connectivity index (χ1v) is 7.15. The Morgan fingerprint density at radius 2 is 1.94 bits per heavy atom. The summed E-state index contributed by atoms with van der Waals surface area (Å²) in [6, 6.07) is 0.452. The van der Waals surface area contributed by atoms with Gasteiger partial charge in [-0.25, -0.2) is 0 Å². The minimum atomic E-state index is -0.234. The Kier molecular flexibility index (Phi) is 5.90. The Bertz CT molecular complexity index is 214. The van der Waals surface area contributed by atoms with Crippen LogP contribution < -0.4 is 5.32 Å². The van der Waals surface area contributed by atoms with Crippen LogP contribution in [-0.4, -0.2) is 48.3 Å². The standard InChI is InChI=1S/C14H30N2O/c1-5-14(6-2)7-8-16(11-14)10-13(17)9-15-12(3)4/h12-13,15,17H,5-11H2,1-4H3. The number of hydrogen-bond donors (Lipinski definition) is 2. The maximum atomic E-state index is 9.97. The fraction of sp³-hybridized carbons (Fsp3) is 1.00. The lowest BCUT2D eigenvalue weighted by Gasteiger charge is -2.27. The van der Waals surface area contributed by atoms with Crippen molar-refractivity contribution in [3.8, 4) is 0 Å². The number of β-amino-alcohol motifs (C(OH)–C–C–N with tert-alkyl or cyclic N) is 1. The number of rotatable bonds is 7. The van der Waals surface area contributed by atoms with Crippen molar-refractivity contribution in [2.75, 3.05) is 26.2 Å². The Morgan fingerprint density at radius 1 is 1.29 bits per heavy atom. The molecule has 3 nitrogen and oxygen atoms in total. The van der Waals surface area contributed by atoms with Crippen molar-refractivity contribution in [2.24, 2.45) is 5.41 Å². The van der Waals surface area contributed by atoms with Crippen molar-refractivity contribution < 1.29 is 5.11 Å². The van der Waals surface area contributed by atoms with Crippen molar-refractivity contribution in [1.29, 1.82) is 0 Å². The topological polar surface area (TPSA) is 35.5 Å². The van der Waals surface area contributed by atoms with Crippen LogP contribution in [0.3, 0.4) is 0 Å². The average Bonchev–Trinajstić information content (AvgIpc) is 2.70. The van der Waals surface area contributed by atoms with Crippen LogP contribution in [0.25, 0.3) is 0 Å². The second-order valence-electron chi connectivity index (χ2n) is 5.91. The summed E-state index contributed by atoms with van der Waals surface area (Å²) >= 11 is 0. The average molecular weight is 242 g/mol. The van der Waals surface area contributed by atoms with Gasteiger partial charge in [-0.05, 0) is 31.2 Å². The third kappa shape index (κ3) is 4.57. The molecule has 17 heavy (non-hydrogen) atoms. The van der Waals surface area contributed by atoms with E-state index in [1.807, 2.05) is 0 Å². The van der Waals surface area contributed by atoms with Gasteiger partial charge in [0.05, 0.1) is 6.10 Å². The molecule has 102 valence electrons. The van der Waals surface area contributed by atoms with Crippen LogP contribution >= 0.6 is 0 Å². The van der Waals surface area contributed by atoms with E-state index in [1.165, 1.54) is 25.8 Å². The van der Waals surface area contributed by atoms with Gasteiger partial charge in [0.15, 0.2) is 0 Å². The molecule has 0 bridgehead atoms. The molecule has 1 saturated heterocycles. The first kappa shape index (κ1) is 14.9. The summed E-state index contributed by atoms with van der Waals surface area (Å²) in [4.78, 5) is 2.43. The molecule has 0 aromatic heterocycles. The van der Waals surface area contributed by atoms with Crippen molar-refractivity contribution in [3.63, 3.8) is 0 Å². The normalized spacial score (nSPS) is 22.2. The first-order valence-electron chi connectivity index (χ1n) is 7.15. The van der Waals surface area contributed by atoms with Crippen LogP contribution in [0.2, 0.25) is 0 Å². The van der Waals surface area contributed by atoms with Crippen LogP contribution in [0.1, 0.15) is 47.0 Å². The summed E-state index contributed by atoms with van der Waals surface area (Å²) in [6.45, 7) is 12.7. The summed E-state index contributed by atoms with van der Waals surface area (Å²) in [7, 11) is 0. The van der Waals surface area contributed by atoms with E-state index in [1.54, 1.807) is 0 Å². The molecule has 0 spiro atoms. The van der Waals surface area contributed by atoms with Crippen LogP contribution in [0.4, 0.5) is 0 Å². The molecule has 1 fully saturated rings. The predicted molar refractivity (Wildman–Crippen MR) is 73.2 cm³/mol. The number of aliphatic hydroxyl groups excluding tert-OH is 1. The molecule has 0 aromatic rings. The molecule has 0 saturated carbocycles. The van der Waals surface area contributed by atoms with E-state index >= 15 is 0 Å². The molecule has 0 aliphatic carbocycles. The monoisotopic (exact) mass is 242 g/mol. The zero-order valence-electron chi connectivity index (χ0n) is 12.0. The van der Waals surface area contributed by atoms with Crippen molar-refractivity contribution in [1.82, 2.24) is 10.2 Å². The van der Waals surface area contributed by atoms with Gasteiger partial charge in [0.25, 0.3) is 0 Å². The molecule has 1 rings (SSSR count). The number of hydrogen-bond acceptors (Lipinski definition) is 3. The molecule has 1 unspecified atom stereocenters. The van der Waals surface area contributed by atoms with E-state index in [2.05, 4.69) is 37.9 Å². The van der Waals surface area contributed by atoms with Crippen molar-refractivity contribution >= 4 is 0 Å². The van der Waals surface area contributed by atoms with E-state index < -0.39 is 0 Å². The molecule has 3 heteroatoms. The summed E-state index contributed by atoms with van der Waals surface area (Å²) in [6.07, 6.45) is 3.59. The lowest BCUT2D eigenvalue weighted by atomic mass is 9.82. The smallest absolute Gasteiger partial charge is 0.0791 e. The zero-order chi connectivity index (χ0) is 12.9. The molecule has 0 aromatic carbocycles. The van der Waals surface area contributed by atoms with E-state index in [0.717, 1.165) is 13.1 Å². The molecule has 1 heterocycles. The van der Waals surface area contributed by atoms with E-state index in [0.29, 0.717) is 18.0 Å². The Labute approximate surface area is 107 Å². The summed E-state index contributed by atoms with van der Waals surface area (Å²) < 4.78 is 0. The predicted octanol–water partition coefficient (Wildman–Crippen LogP) is 1.86. The fourth-order valence-corrected chi connectivity index (χ4v) is 2.75. The van der Waals surface area contributed by atoms with E-state index in [9.17, 15) is 5.11 Å².